The molecule has 0 radical (unpaired) electrons. The van der Waals surface area contributed by atoms with Crippen molar-refractivity contribution in [3.63, 3.8) is 0 Å². The fraction of sp³-hybridized carbons (Fsp3) is 0.438. The Morgan fingerprint density at radius 2 is 1.95 bits per heavy atom. The first-order valence-electron chi connectivity index (χ1n) is 7.49. The molecule has 0 saturated carbocycles. The number of nitrogens with zero attached hydrogens (tertiary/aromatic N) is 3. The number of hydrogen-bond acceptors (Lipinski definition) is 3. The van der Waals surface area contributed by atoms with Gasteiger partial charge < -0.3 is 5.32 Å². The molecular formula is C16H21ClN4O. The fourth-order valence-electron chi connectivity index (χ4n) is 2.57. The first-order chi connectivity index (χ1) is 10.6. The number of aromatic nitrogens is 3. The molecule has 5 nitrogen and oxygen atoms in total. The zero-order chi connectivity index (χ0) is 16.0. The summed E-state index contributed by atoms with van der Waals surface area (Å²) in [5.41, 5.74) is 0.723. The van der Waals surface area contributed by atoms with E-state index in [1.807, 2.05) is 24.3 Å². The summed E-state index contributed by atoms with van der Waals surface area (Å²) in [7, 11) is 0. The van der Waals surface area contributed by atoms with Gasteiger partial charge in [-0.1, -0.05) is 37.6 Å². The van der Waals surface area contributed by atoms with Crippen LogP contribution in [0.2, 0.25) is 5.02 Å². The molecule has 1 amide bonds. The fourth-order valence-corrected chi connectivity index (χ4v) is 2.70. The number of amides is 1. The van der Waals surface area contributed by atoms with Crippen LogP contribution < -0.4 is 5.32 Å². The predicted octanol–water partition coefficient (Wildman–Crippen LogP) is 3.15. The van der Waals surface area contributed by atoms with E-state index in [0.717, 1.165) is 18.4 Å². The SMILES string of the molecule is CCC(CC)(NC(=O)CCn1cncn1)c1ccc(Cl)cc1. The largest absolute Gasteiger partial charge is 0.347 e. The van der Waals surface area contributed by atoms with Crippen molar-refractivity contribution in [3.05, 3.63) is 47.5 Å². The van der Waals surface area contributed by atoms with Crippen molar-refractivity contribution in [2.75, 3.05) is 0 Å². The van der Waals surface area contributed by atoms with E-state index in [0.29, 0.717) is 18.0 Å². The number of rotatable bonds is 7. The highest BCUT2D eigenvalue weighted by molar-refractivity contribution is 6.30. The monoisotopic (exact) mass is 320 g/mol. The van der Waals surface area contributed by atoms with Gasteiger partial charge in [0.25, 0.3) is 0 Å². The van der Waals surface area contributed by atoms with Crippen molar-refractivity contribution in [1.82, 2.24) is 20.1 Å². The summed E-state index contributed by atoms with van der Waals surface area (Å²) in [5, 5.41) is 7.88. The van der Waals surface area contributed by atoms with Crippen LogP contribution in [0.25, 0.3) is 0 Å². The summed E-state index contributed by atoms with van der Waals surface area (Å²) < 4.78 is 1.65. The number of hydrogen-bond donors (Lipinski definition) is 1. The molecule has 0 saturated heterocycles. The van der Waals surface area contributed by atoms with Crippen molar-refractivity contribution in [2.24, 2.45) is 0 Å². The molecule has 0 aliphatic rings. The lowest BCUT2D eigenvalue weighted by atomic mass is 9.84. The Kier molecular flexibility index (Phi) is 5.55. The maximum Gasteiger partial charge on any atom is 0.222 e. The highest BCUT2D eigenvalue weighted by atomic mass is 35.5. The number of aryl methyl sites for hydroxylation is 1. The first kappa shape index (κ1) is 16.5. The molecule has 0 aliphatic carbocycles. The van der Waals surface area contributed by atoms with E-state index >= 15 is 0 Å². The second-order valence-corrected chi connectivity index (χ2v) is 5.69. The highest BCUT2D eigenvalue weighted by Gasteiger charge is 2.29. The van der Waals surface area contributed by atoms with Gasteiger partial charge in [-0.2, -0.15) is 5.10 Å². The van der Waals surface area contributed by atoms with E-state index in [1.165, 1.54) is 6.33 Å². The quantitative estimate of drug-likeness (QED) is 0.852. The third-order valence-electron chi connectivity index (χ3n) is 4.02. The maximum absolute atomic E-state index is 12.3. The topological polar surface area (TPSA) is 59.8 Å². The van der Waals surface area contributed by atoms with Gasteiger partial charge in [-0.3, -0.25) is 9.48 Å². The van der Waals surface area contributed by atoms with Crippen molar-refractivity contribution in [3.8, 4) is 0 Å². The molecule has 0 unspecified atom stereocenters. The van der Waals surface area contributed by atoms with Crippen LogP contribution in [0, 0.1) is 0 Å². The molecule has 118 valence electrons. The average molecular weight is 321 g/mol. The van der Waals surface area contributed by atoms with Crippen molar-refractivity contribution in [1.29, 1.82) is 0 Å². The summed E-state index contributed by atoms with van der Waals surface area (Å²) in [6.07, 6.45) is 5.09. The minimum absolute atomic E-state index is 0.00847. The van der Waals surface area contributed by atoms with Gasteiger partial charge in [0.1, 0.15) is 12.7 Å². The summed E-state index contributed by atoms with van der Waals surface area (Å²) in [4.78, 5) is 16.2. The van der Waals surface area contributed by atoms with Gasteiger partial charge in [0.15, 0.2) is 0 Å². The van der Waals surface area contributed by atoms with Gasteiger partial charge in [-0.15, -0.1) is 0 Å². The molecule has 0 aliphatic heterocycles. The predicted molar refractivity (Wildman–Crippen MR) is 86.5 cm³/mol. The molecule has 6 heteroatoms. The Morgan fingerprint density at radius 3 is 2.50 bits per heavy atom. The molecule has 1 aromatic heterocycles. The second-order valence-electron chi connectivity index (χ2n) is 5.25. The summed E-state index contributed by atoms with van der Waals surface area (Å²) >= 11 is 5.96. The standard InChI is InChI=1S/C16H21ClN4O/c1-3-16(4-2,13-5-7-14(17)8-6-13)20-15(22)9-10-21-12-18-11-19-21/h5-8,11-12H,3-4,9-10H2,1-2H3,(H,20,22). The van der Waals surface area contributed by atoms with Crippen LogP contribution in [0.1, 0.15) is 38.7 Å². The molecule has 0 atom stereocenters. The number of nitrogens with one attached hydrogen (secondary N) is 1. The van der Waals surface area contributed by atoms with E-state index in [1.54, 1.807) is 11.0 Å². The molecule has 2 rings (SSSR count). The molecule has 0 bridgehead atoms. The second kappa shape index (κ2) is 7.40. The van der Waals surface area contributed by atoms with E-state index in [-0.39, 0.29) is 11.4 Å². The van der Waals surface area contributed by atoms with Crippen LogP contribution in [0.5, 0.6) is 0 Å². The smallest absolute Gasteiger partial charge is 0.222 e. The summed E-state index contributed by atoms with van der Waals surface area (Å²) in [6.45, 7) is 4.68. The maximum atomic E-state index is 12.3. The molecule has 22 heavy (non-hydrogen) atoms. The van der Waals surface area contributed by atoms with E-state index in [9.17, 15) is 4.79 Å². The number of carbonyl (C=O) groups excluding carboxylic acids is 1. The van der Waals surface area contributed by atoms with Gasteiger partial charge in [-0.05, 0) is 30.5 Å². The number of benzene rings is 1. The van der Waals surface area contributed by atoms with Gasteiger partial charge >= 0.3 is 0 Å². The molecule has 1 heterocycles. The van der Waals surface area contributed by atoms with E-state index in [4.69, 9.17) is 11.6 Å². The van der Waals surface area contributed by atoms with Gasteiger partial charge in [0, 0.05) is 11.4 Å². The zero-order valence-electron chi connectivity index (χ0n) is 12.9. The molecule has 1 N–H and O–H groups in total. The van der Waals surface area contributed by atoms with Crippen LogP contribution in [0.3, 0.4) is 0 Å². The number of carbonyl (C=O) groups is 1. The summed E-state index contributed by atoms with van der Waals surface area (Å²) in [6, 6.07) is 7.68. The van der Waals surface area contributed by atoms with Crippen LogP contribution in [-0.2, 0) is 16.9 Å². The third kappa shape index (κ3) is 3.85. The van der Waals surface area contributed by atoms with E-state index in [2.05, 4.69) is 29.2 Å². The molecule has 2 aromatic rings. The first-order valence-corrected chi connectivity index (χ1v) is 7.87. The van der Waals surface area contributed by atoms with Gasteiger partial charge in [-0.25, -0.2) is 4.98 Å². The Labute approximate surface area is 135 Å². The van der Waals surface area contributed by atoms with Crippen LogP contribution in [0.15, 0.2) is 36.9 Å². The van der Waals surface area contributed by atoms with Crippen molar-refractivity contribution in [2.45, 2.75) is 45.2 Å². The normalized spacial score (nSPS) is 11.4. The van der Waals surface area contributed by atoms with Gasteiger partial charge in [0.2, 0.25) is 5.91 Å². The lowest BCUT2D eigenvalue weighted by Crippen LogP contribution is -2.45. The highest BCUT2D eigenvalue weighted by Crippen LogP contribution is 2.29. The minimum atomic E-state index is -0.357. The van der Waals surface area contributed by atoms with Gasteiger partial charge in [0.05, 0.1) is 12.1 Å². The van der Waals surface area contributed by atoms with Crippen LogP contribution >= 0.6 is 11.6 Å². The molecule has 1 aromatic carbocycles. The third-order valence-corrected chi connectivity index (χ3v) is 4.27. The molecule has 0 fully saturated rings. The Morgan fingerprint density at radius 1 is 1.27 bits per heavy atom. The molecular weight excluding hydrogens is 300 g/mol. The average Bonchev–Trinajstić information content (AvgIpc) is 3.05. The lowest BCUT2D eigenvalue weighted by Gasteiger charge is -2.33. The lowest BCUT2D eigenvalue weighted by molar-refractivity contribution is -0.123. The molecule has 0 spiro atoms. The van der Waals surface area contributed by atoms with Crippen LogP contribution in [0.4, 0.5) is 0 Å². The van der Waals surface area contributed by atoms with Crippen molar-refractivity contribution < 1.29 is 4.79 Å². The number of halogens is 1. The Bertz CT molecular complexity index is 591. The minimum Gasteiger partial charge on any atom is -0.347 e. The van der Waals surface area contributed by atoms with Crippen LogP contribution in [-0.4, -0.2) is 20.7 Å². The van der Waals surface area contributed by atoms with E-state index < -0.39 is 0 Å². The summed E-state index contributed by atoms with van der Waals surface area (Å²) in [5.74, 6) is 0.00847. The Hall–Kier alpha value is -1.88. The van der Waals surface area contributed by atoms with Crippen molar-refractivity contribution >= 4 is 17.5 Å². The zero-order valence-corrected chi connectivity index (χ0v) is 13.7. The Balaban J connectivity index is 2.06.